The highest BCUT2D eigenvalue weighted by Gasteiger charge is 2.17. The first-order valence-electron chi connectivity index (χ1n) is 6.21. The van der Waals surface area contributed by atoms with Crippen molar-refractivity contribution in [2.24, 2.45) is 0 Å². The van der Waals surface area contributed by atoms with E-state index in [-0.39, 0.29) is 9.92 Å². The molecule has 0 saturated carbocycles. The van der Waals surface area contributed by atoms with Crippen LogP contribution >= 0.6 is 34.7 Å². The van der Waals surface area contributed by atoms with Crippen LogP contribution in [0.25, 0.3) is 10.2 Å². The van der Waals surface area contributed by atoms with Crippen LogP contribution in [0, 0.1) is 0 Å². The topological polar surface area (TPSA) is 59.1 Å². The van der Waals surface area contributed by atoms with Crippen molar-refractivity contribution in [1.82, 2.24) is 4.98 Å². The first kappa shape index (κ1) is 15.6. The Kier molecular flexibility index (Phi) is 4.31. The summed E-state index contributed by atoms with van der Waals surface area (Å²) in [5.74, 6) is 0. The van der Waals surface area contributed by atoms with E-state index in [1.807, 2.05) is 6.26 Å². The second-order valence-corrected chi connectivity index (χ2v) is 8.54. The molecule has 0 unspecified atom stereocenters. The first-order valence-corrected chi connectivity index (χ1v) is 10.1. The summed E-state index contributed by atoms with van der Waals surface area (Å²) in [7, 11) is -3.71. The Balaban J connectivity index is 1.97. The Hall–Kier alpha value is -1.28. The van der Waals surface area contributed by atoms with Gasteiger partial charge in [0.1, 0.15) is 4.90 Å². The summed E-state index contributed by atoms with van der Waals surface area (Å²) < 4.78 is 29.3. The van der Waals surface area contributed by atoms with Crippen molar-refractivity contribution in [2.45, 2.75) is 9.24 Å². The van der Waals surface area contributed by atoms with Crippen molar-refractivity contribution in [3.63, 3.8) is 0 Å². The van der Waals surface area contributed by atoms with E-state index >= 15 is 0 Å². The van der Waals surface area contributed by atoms with Gasteiger partial charge in [0.05, 0.1) is 20.9 Å². The van der Waals surface area contributed by atoms with Crippen LogP contribution in [0.4, 0.5) is 5.69 Å². The molecule has 0 radical (unpaired) electrons. The van der Waals surface area contributed by atoms with Gasteiger partial charge >= 0.3 is 0 Å². The van der Waals surface area contributed by atoms with E-state index in [2.05, 4.69) is 9.71 Å². The molecule has 8 heteroatoms. The van der Waals surface area contributed by atoms with Crippen molar-refractivity contribution in [3.8, 4) is 0 Å². The van der Waals surface area contributed by atoms with E-state index in [0.717, 1.165) is 14.6 Å². The Morgan fingerprint density at radius 1 is 1.23 bits per heavy atom. The molecule has 0 spiro atoms. The van der Waals surface area contributed by atoms with Gasteiger partial charge in [-0.25, -0.2) is 13.4 Å². The quantitative estimate of drug-likeness (QED) is 0.688. The first-order chi connectivity index (χ1) is 10.5. The number of halogens is 1. The summed E-state index contributed by atoms with van der Waals surface area (Å²) in [6.45, 7) is 0. The van der Waals surface area contributed by atoms with Crippen LogP contribution < -0.4 is 4.72 Å². The summed E-state index contributed by atoms with van der Waals surface area (Å²) in [6, 6.07) is 11.6. The lowest BCUT2D eigenvalue weighted by molar-refractivity contribution is 0.601. The number of sulfonamides is 1. The number of hydrogen-bond acceptors (Lipinski definition) is 5. The Morgan fingerprint density at radius 2 is 2.00 bits per heavy atom. The van der Waals surface area contributed by atoms with E-state index in [9.17, 15) is 8.42 Å². The van der Waals surface area contributed by atoms with Gasteiger partial charge in [0.25, 0.3) is 10.0 Å². The van der Waals surface area contributed by atoms with E-state index < -0.39 is 10.0 Å². The molecule has 3 rings (SSSR count). The van der Waals surface area contributed by atoms with Crippen LogP contribution in [-0.2, 0) is 10.0 Å². The molecule has 0 fully saturated rings. The minimum Gasteiger partial charge on any atom is -0.280 e. The molecule has 0 aliphatic rings. The smallest absolute Gasteiger partial charge is 0.263 e. The third kappa shape index (κ3) is 3.08. The van der Waals surface area contributed by atoms with E-state index in [1.165, 1.54) is 17.4 Å². The standard InChI is InChI=1S/C14H11ClN2O2S3/c1-20-14-16-11-7-6-9(8-12(11)21-14)17-22(18,19)13-5-3-2-4-10(13)15/h2-8,17H,1H3. The second-order valence-electron chi connectivity index (χ2n) is 4.40. The number of benzene rings is 2. The molecule has 2 aromatic carbocycles. The average molecular weight is 371 g/mol. The summed E-state index contributed by atoms with van der Waals surface area (Å²) in [5.41, 5.74) is 1.35. The van der Waals surface area contributed by atoms with Crippen LogP contribution in [0.2, 0.25) is 5.02 Å². The summed E-state index contributed by atoms with van der Waals surface area (Å²) in [5, 5.41) is 0.193. The molecule has 1 N–H and O–H groups in total. The molecule has 0 amide bonds. The number of thiazole rings is 1. The molecule has 3 aromatic rings. The Morgan fingerprint density at radius 3 is 2.73 bits per heavy atom. The van der Waals surface area contributed by atoms with Gasteiger partial charge in [-0.2, -0.15) is 0 Å². The fraction of sp³-hybridized carbons (Fsp3) is 0.0714. The van der Waals surface area contributed by atoms with Gasteiger partial charge in [-0.3, -0.25) is 4.72 Å². The molecule has 114 valence electrons. The van der Waals surface area contributed by atoms with Gasteiger partial charge in [-0.1, -0.05) is 35.5 Å². The van der Waals surface area contributed by atoms with Crippen LogP contribution in [0.1, 0.15) is 0 Å². The maximum absolute atomic E-state index is 12.4. The molecule has 0 saturated heterocycles. The number of nitrogens with one attached hydrogen (secondary N) is 1. The number of aromatic nitrogens is 1. The lowest BCUT2D eigenvalue weighted by Crippen LogP contribution is -2.13. The minimum absolute atomic E-state index is 0.0610. The molecular formula is C14H11ClN2O2S3. The zero-order chi connectivity index (χ0) is 15.7. The zero-order valence-electron chi connectivity index (χ0n) is 11.4. The average Bonchev–Trinajstić information content (AvgIpc) is 2.89. The number of rotatable bonds is 4. The van der Waals surface area contributed by atoms with Crippen molar-refractivity contribution < 1.29 is 8.42 Å². The molecule has 22 heavy (non-hydrogen) atoms. The van der Waals surface area contributed by atoms with Gasteiger partial charge in [0.15, 0.2) is 4.34 Å². The van der Waals surface area contributed by atoms with E-state index in [1.54, 1.807) is 48.2 Å². The zero-order valence-corrected chi connectivity index (χ0v) is 14.6. The normalized spacial score (nSPS) is 11.7. The van der Waals surface area contributed by atoms with Gasteiger partial charge in [0, 0.05) is 0 Å². The van der Waals surface area contributed by atoms with E-state index in [0.29, 0.717) is 5.69 Å². The summed E-state index contributed by atoms with van der Waals surface area (Å²) in [6.07, 6.45) is 1.96. The third-order valence-electron chi connectivity index (χ3n) is 2.92. The molecule has 4 nitrogen and oxygen atoms in total. The highest BCUT2D eigenvalue weighted by Crippen LogP contribution is 2.31. The lowest BCUT2D eigenvalue weighted by atomic mass is 10.3. The van der Waals surface area contributed by atoms with Gasteiger partial charge in [0.2, 0.25) is 0 Å². The molecule has 0 atom stereocenters. The van der Waals surface area contributed by atoms with Gasteiger partial charge in [-0.15, -0.1) is 11.3 Å². The molecule has 1 aromatic heterocycles. The number of hydrogen-bond donors (Lipinski definition) is 1. The van der Waals surface area contributed by atoms with Crippen LogP contribution in [0.5, 0.6) is 0 Å². The van der Waals surface area contributed by atoms with E-state index in [4.69, 9.17) is 11.6 Å². The number of thioether (sulfide) groups is 1. The number of nitrogens with zero attached hydrogens (tertiary/aromatic N) is 1. The predicted octanol–water partition coefficient (Wildman–Crippen LogP) is 4.47. The molecule has 0 aliphatic carbocycles. The largest absolute Gasteiger partial charge is 0.280 e. The van der Waals surface area contributed by atoms with Crippen molar-refractivity contribution in [1.29, 1.82) is 0 Å². The number of fused-ring (bicyclic) bond motifs is 1. The minimum atomic E-state index is -3.71. The fourth-order valence-corrected chi connectivity index (χ4v) is 5.03. The molecule has 0 bridgehead atoms. The van der Waals surface area contributed by atoms with Gasteiger partial charge < -0.3 is 0 Å². The highest BCUT2D eigenvalue weighted by molar-refractivity contribution is 8.00. The third-order valence-corrected chi connectivity index (χ3v) is 6.81. The number of anilines is 1. The highest BCUT2D eigenvalue weighted by atomic mass is 35.5. The molecule has 1 heterocycles. The van der Waals surface area contributed by atoms with Crippen LogP contribution in [0.15, 0.2) is 51.7 Å². The summed E-state index contributed by atoms with van der Waals surface area (Å²) >= 11 is 9.05. The van der Waals surface area contributed by atoms with Gasteiger partial charge in [-0.05, 0) is 36.6 Å². The second kappa shape index (κ2) is 6.08. The van der Waals surface area contributed by atoms with Crippen LogP contribution in [-0.4, -0.2) is 19.7 Å². The Labute approximate surface area is 141 Å². The molecule has 0 aliphatic heterocycles. The van der Waals surface area contributed by atoms with Crippen LogP contribution in [0.3, 0.4) is 0 Å². The van der Waals surface area contributed by atoms with Crippen molar-refractivity contribution >= 4 is 60.6 Å². The fourth-order valence-electron chi connectivity index (χ4n) is 1.93. The van der Waals surface area contributed by atoms with Crippen molar-refractivity contribution in [2.75, 3.05) is 11.0 Å². The SMILES string of the molecule is CSc1nc2ccc(NS(=O)(=O)c3ccccc3Cl)cc2s1. The predicted molar refractivity (Wildman–Crippen MR) is 93.7 cm³/mol. The molecular weight excluding hydrogens is 360 g/mol. The summed E-state index contributed by atoms with van der Waals surface area (Å²) in [4.78, 5) is 4.49. The Bertz CT molecular complexity index is 938. The maximum atomic E-state index is 12.4. The lowest BCUT2D eigenvalue weighted by Gasteiger charge is -2.09. The maximum Gasteiger partial charge on any atom is 0.263 e. The van der Waals surface area contributed by atoms with Crippen molar-refractivity contribution in [3.05, 3.63) is 47.5 Å². The monoisotopic (exact) mass is 370 g/mol.